The van der Waals surface area contributed by atoms with Gasteiger partial charge in [0.05, 0.1) is 18.2 Å². The van der Waals surface area contributed by atoms with Crippen LogP contribution in [-0.2, 0) is 5.54 Å². The van der Waals surface area contributed by atoms with Crippen LogP contribution < -0.4 is 5.32 Å². The average molecular weight is 373 g/mol. The number of nitrogens with one attached hydrogen (secondary N) is 1. The van der Waals surface area contributed by atoms with Crippen molar-refractivity contribution in [3.8, 4) is 17.6 Å². The van der Waals surface area contributed by atoms with Gasteiger partial charge in [-0.3, -0.25) is 0 Å². The van der Waals surface area contributed by atoms with E-state index in [9.17, 15) is 14.6 Å². The van der Waals surface area contributed by atoms with Crippen LogP contribution in [0.1, 0.15) is 22.3 Å². The van der Waals surface area contributed by atoms with E-state index in [0.29, 0.717) is 29.1 Å². The van der Waals surface area contributed by atoms with E-state index in [1.165, 1.54) is 30.3 Å². The highest BCUT2D eigenvalue weighted by atomic mass is 19.1. The molecule has 0 saturated heterocycles. The number of hydrogen-bond acceptors (Lipinski definition) is 5. The first-order valence-corrected chi connectivity index (χ1v) is 8.64. The number of aliphatic imine (C=N–C) groups is 1. The van der Waals surface area contributed by atoms with E-state index in [1.807, 2.05) is 6.07 Å². The van der Waals surface area contributed by atoms with Crippen molar-refractivity contribution in [2.24, 2.45) is 4.99 Å². The summed E-state index contributed by atoms with van der Waals surface area (Å²) in [7, 11) is 0. The van der Waals surface area contributed by atoms with Crippen molar-refractivity contribution in [3.63, 3.8) is 0 Å². The van der Waals surface area contributed by atoms with Gasteiger partial charge in [-0.25, -0.2) is 9.38 Å². The predicted octanol–water partition coefficient (Wildman–Crippen LogP) is 3.40. The van der Waals surface area contributed by atoms with Crippen LogP contribution in [0, 0.1) is 17.1 Å². The first-order valence-electron chi connectivity index (χ1n) is 8.64. The quantitative estimate of drug-likeness (QED) is 0.614. The Kier molecular flexibility index (Phi) is 4.21. The fraction of sp³-hybridized carbons (Fsp3) is 0.0909. The van der Waals surface area contributed by atoms with E-state index in [0.717, 1.165) is 5.56 Å². The lowest BCUT2D eigenvalue weighted by Crippen LogP contribution is -2.32. The zero-order chi connectivity index (χ0) is 19.7. The lowest BCUT2D eigenvalue weighted by molar-refractivity contribution is 0.434. The lowest BCUT2D eigenvalue weighted by atomic mass is 9.83. The highest BCUT2D eigenvalue weighted by molar-refractivity contribution is 6.01. The molecule has 1 aliphatic heterocycles. The van der Waals surface area contributed by atoms with Gasteiger partial charge in [-0.05, 0) is 48.0 Å². The van der Waals surface area contributed by atoms with Crippen molar-refractivity contribution in [1.29, 1.82) is 5.26 Å². The monoisotopic (exact) mass is 373 g/mol. The molecular formula is C22H16FN3O2. The number of benzene rings is 3. The summed E-state index contributed by atoms with van der Waals surface area (Å²) < 4.78 is 13.5. The van der Waals surface area contributed by atoms with E-state index >= 15 is 0 Å². The largest absolute Gasteiger partial charge is 0.508 e. The molecule has 0 aromatic heterocycles. The average Bonchev–Trinajstić information content (AvgIpc) is 3.17. The Morgan fingerprint density at radius 1 is 1.04 bits per heavy atom. The Morgan fingerprint density at radius 3 is 2.57 bits per heavy atom. The molecule has 3 N–H and O–H groups in total. The van der Waals surface area contributed by atoms with Crippen molar-refractivity contribution in [2.45, 2.75) is 5.54 Å². The van der Waals surface area contributed by atoms with E-state index in [-0.39, 0.29) is 17.3 Å². The van der Waals surface area contributed by atoms with Gasteiger partial charge in [-0.2, -0.15) is 5.26 Å². The summed E-state index contributed by atoms with van der Waals surface area (Å²) in [6.45, 7) is 0.293. The third-order valence-electron chi connectivity index (χ3n) is 4.83. The molecule has 1 heterocycles. The summed E-state index contributed by atoms with van der Waals surface area (Å²) in [4.78, 5) is 4.84. The molecule has 3 aromatic carbocycles. The number of phenols is 2. The second-order valence-electron chi connectivity index (χ2n) is 6.58. The molecule has 0 bridgehead atoms. The molecule has 0 amide bonds. The fourth-order valence-electron chi connectivity index (χ4n) is 3.44. The highest BCUT2D eigenvalue weighted by Gasteiger charge is 2.41. The molecule has 1 atom stereocenters. The molecule has 0 radical (unpaired) electrons. The molecular weight excluding hydrogens is 357 g/mol. The fourth-order valence-corrected chi connectivity index (χ4v) is 3.44. The molecule has 3 aromatic rings. The summed E-state index contributed by atoms with van der Waals surface area (Å²) in [5.41, 5.74) is 1.23. The molecule has 0 fully saturated rings. The Labute approximate surface area is 161 Å². The zero-order valence-electron chi connectivity index (χ0n) is 14.7. The van der Waals surface area contributed by atoms with Crippen LogP contribution in [0.2, 0.25) is 0 Å². The number of rotatable bonds is 3. The molecule has 28 heavy (non-hydrogen) atoms. The van der Waals surface area contributed by atoms with Gasteiger partial charge >= 0.3 is 0 Å². The first-order chi connectivity index (χ1) is 13.5. The molecule has 5 nitrogen and oxygen atoms in total. The number of nitriles is 1. The van der Waals surface area contributed by atoms with Crippen molar-refractivity contribution in [3.05, 3.63) is 94.8 Å². The summed E-state index contributed by atoms with van der Waals surface area (Å²) in [5, 5.41) is 32.8. The smallest absolute Gasteiger partial charge is 0.134 e. The number of aromatic hydroxyl groups is 2. The Morgan fingerprint density at radius 2 is 1.82 bits per heavy atom. The van der Waals surface area contributed by atoms with Gasteiger partial charge in [0.2, 0.25) is 0 Å². The normalized spacial score (nSPS) is 18.2. The van der Waals surface area contributed by atoms with Gasteiger partial charge in [-0.15, -0.1) is 0 Å². The number of phenolic OH excluding ortho intramolecular Hbond substituents is 2. The van der Waals surface area contributed by atoms with E-state index in [2.05, 4.69) is 11.4 Å². The van der Waals surface area contributed by atoms with Gasteiger partial charge in [0, 0.05) is 11.1 Å². The van der Waals surface area contributed by atoms with Gasteiger partial charge < -0.3 is 15.5 Å². The number of halogens is 1. The standard InChI is InChI=1S/C22H16FN3O2/c23-17-6-4-16(5-7-17)22(19-11-18(27)8-9-20(19)28)13-25-21(26-22)15-3-1-2-14(10-15)12-24/h1-11,27-28H,13H2,(H,25,26). The summed E-state index contributed by atoms with van der Waals surface area (Å²) in [6, 6.07) is 19.3. The van der Waals surface area contributed by atoms with E-state index in [4.69, 9.17) is 10.3 Å². The van der Waals surface area contributed by atoms with Crippen molar-refractivity contribution < 1.29 is 14.6 Å². The van der Waals surface area contributed by atoms with Gasteiger partial charge in [0.1, 0.15) is 28.7 Å². The Hall–Kier alpha value is -3.85. The van der Waals surface area contributed by atoms with Gasteiger partial charge in [0.25, 0.3) is 0 Å². The first kappa shape index (κ1) is 17.6. The van der Waals surface area contributed by atoms with Crippen LogP contribution in [0.15, 0.2) is 71.7 Å². The zero-order valence-corrected chi connectivity index (χ0v) is 14.7. The van der Waals surface area contributed by atoms with Crippen molar-refractivity contribution >= 4 is 5.84 Å². The van der Waals surface area contributed by atoms with Crippen LogP contribution in [0.5, 0.6) is 11.5 Å². The minimum absolute atomic E-state index is 0.00980. The highest BCUT2D eigenvalue weighted by Crippen LogP contribution is 2.42. The summed E-state index contributed by atoms with van der Waals surface area (Å²) >= 11 is 0. The van der Waals surface area contributed by atoms with Crippen LogP contribution in [-0.4, -0.2) is 22.6 Å². The number of nitrogens with zero attached hydrogens (tertiary/aromatic N) is 2. The lowest BCUT2D eigenvalue weighted by Gasteiger charge is -2.27. The molecule has 0 aliphatic carbocycles. The molecule has 1 unspecified atom stereocenters. The van der Waals surface area contributed by atoms with Gasteiger partial charge in [0.15, 0.2) is 0 Å². The molecule has 1 aliphatic rings. The molecule has 0 spiro atoms. The molecule has 4 rings (SSSR count). The topological polar surface area (TPSA) is 88.6 Å². The van der Waals surface area contributed by atoms with Gasteiger partial charge in [-0.1, -0.05) is 24.3 Å². The second kappa shape index (κ2) is 6.71. The Balaban J connectivity index is 1.92. The Bertz CT molecular complexity index is 1120. The third-order valence-corrected chi connectivity index (χ3v) is 4.83. The SMILES string of the molecule is N#Cc1cccc(C2=NC(c3ccc(F)cc3)(c3cc(O)ccc3O)CN2)c1. The summed E-state index contributed by atoms with van der Waals surface area (Å²) in [5.74, 6) is 0.129. The number of hydrogen-bond donors (Lipinski definition) is 3. The van der Waals surface area contributed by atoms with Crippen LogP contribution in [0.25, 0.3) is 0 Å². The molecule has 0 saturated carbocycles. The maximum absolute atomic E-state index is 13.5. The van der Waals surface area contributed by atoms with Crippen molar-refractivity contribution in [1.82, 2.24) is 5.32 Å². The summed E-state index contributed by atoms with van der Waals surface area (Å²) in [6.07, 6.45) is 0. The minimum atomic E-state index is -1.06. The molecule has 6 heteroatoms. The minimum Gasteiger partial charge on any atom is -0.508 e. The molecule has 138 valence electrons. The maximum Gasteiger partial charge on any atom is 0.134 e. The van der Waals surface area contributed by atoms with Crippen molar-refractivity contribution in [2.75, 3.05) is 6.54 Å². The van der Waals surface area contributed by atoms with Crippen LogP contribution in [0.3, 0.4) is 0 Å². The number of amidine groups is 1. The third kappa shape index (κ3) is 2.93. The predicted molar refractivity (Wildman–Crippen MR) is 103 cm³/mol. The maximum atomic E-state index is 13.5. The van der Waals surface area contributed by atoms with E-state index < -0.39 is 5.54 Å². The van der Waals surface area contributed by atoms with Crippen LogP contribution in [0.4, 0.5) is 4.39 Å². The van der Waals surface area contributed by atoms with Crippen LogP contribution >= 0.6 is 0 Å². The van der Waals surface area contributed by atoms with E-state index in [1.54, 1.807) is 30.3 Å². The second-order valence-corrected chi connectivity index (χ2v) is 6.58.